The first-order chi connectivity index (χ1) is 9.29. The summed E-state index contributed by atoms with van der Waals surface area (Å²) < 4.78 is 5.40. The van der Waals surface area contributed by atoms with E-state index in [1.165, 1.54) is 0 Å². The molecule has 0 bridgehead atoms. The Hall–Kier alpha value is -1.81. The molecule has 0 spiro atoms. The molecule has 1 aromatic heterocycles. The summed E-state index contributed by atoms with van der Waals surface area (Å²) in [5.41, 5.74) is 0. The first-order valence-corrected chi connectivity index (χ1v) is 6.64. The number of aromatic nitrogens is 1. The highest BCUT2D eigenvalue weighted by molar-refractivity contribution is 5.96. The Morgan fingerprint density at radius 2 is 2.21 bits per heavy atom. The SMILES string of the molecule is COc1cccc2c(N3CCCC(O)C3)nccc12. The van der Waals surface area contributed by atoms with Crippen LogP contribution in [0.3, 0.4) is 0 Å². The van der Waals surface area contributed by atoms with E-state index in [-0.39, 0.29) is 6.10 Å². The van der Waals surface area contributed by atoms with Crippen LogP contribution in [0.25, 0.3) is 10.8 Å². The number of ether oxygens (including phenoxy) is 1. The second-order valence-corrected chi connectivity index (χ2v) is 4.93. The average molecular weight is 258 g/mol. The molecular weight excluding hydrogens is 240 g/mol. The summed E-state index contributed by atoms with van der Waals surface area (Å²) in [5, 5.41) is 12.0. The molecule has 4 heteroatoms. The summed E-state index contributed by atoms with van der Waals surface area (Å²) in [7, 11) is 1.68. The fraction of sp³-hybridized carbons (Fsp3) is 0.400. The molecule has 19 heavy (non-hydrogen) atoms. The fourth-order valence-electron chi connectivity index (χ4n) is 2.74. The van der Waals surface area contributed by atoms with E-state index in [1.54, 1.807) is 13.3 Å². The van der Waals surface area contributed by atoms with Crippen LogP contribution in [-0.2, 0) is 0 Å². The Morgan fingerprint density at radius 3 is 3.00 bits per heavy atom. The molecule has 1 N–H and O–H groups in total. The van der Waals surface area contributed by atoms with Crippen LogP contribution >= 0.6 is 0 Å². The second-order valence-electron chi connectivity index (χ2n) is 4.93. The van der Waals surface area contributed by atoms with Gasteiger partial charge in [-0.2, -0.15) is 0 Å². The van der Waals surface area contributed by atoms with Gasteiger partial charge >= 0.3 is 0 Å². The zero-order valence-corrected chi connectivity index (χ0v) is 11.0. The Kier molecular flexibility index (Phi) is 3.25. The van der Waals surface area contributed by atoms with E-state index in [0.717, 1.165) is 41.7 Å². The lowest BCUT2D eigenvalue weighted by Gasteiger charge is -2.31. The van der Waals surface area contributed by atoms with Gasteiger partial charge in [0.25, 0.3) is 0 Å². The van der Waals surface area contributed by atoms with Crippen molar-refractivity contribution in [1.82, 2.24) is 4.98 Å². The zero-order chi connectivity index (χ0) is 13.2. The zero-order valence-electron chi connectivity index (χ0n) is 11.0. The number of nitrogens with zero attached hydrogens (tertiary/aromatic N) is 2. The smallest absolute Gasteiger partial charge is 0.136 e. The van der Waals surface area contributed by atoms with E-state index in [0.29, 0.717) is 6.54 Å². The van der Waals surface area contributed by atoms with Gasteiger partial charge in [-0.05, 0) is 25.0 Å². The first kappa shape index (κ1) is 12.2. The number of aliphatic hydroxyl groups excluding tert-OH is 1. The van der Waals surface area contributed by atoms with E-state index < -0.39 is 0 Å². The summed E-state index contributed by atoms with van der Waals surface area (Å²) in [6.45, 7) is 1.60. The van der Waals surface area contributed by atoms with Crippen LogP contribution in [0.2, 0.25) is 0 Å². The summed E-state index contributed by atoms with van der Waals surface area (Å²) in [4.78, 5) is 6.66. The van der Waals surface area contributed by atoms with Gasteiger partial charge in [-0.1, -0.05) is 12.1 Å². The minimum Gasteiger partial charge on any atom is -0.496 e. The van der Waals surface area contributed by atoms with Crippen molar-refractivity contribution in [3.05, 3.63) is 30.5 Å². The normalized spacial score (nSPS) is 19.7. The predicted molar refractivity (Wildman–Crippen MR) is 75.7 cm³/mol. The van der Waals surface area contributed by atoms with Gasteiger partial charge < -0.3 is 14.7 Å². The second kappa shape index (κ2) is 5.05. The molecule has 1 aliphatic rings. The van der Waals surface area contributed by atoms with Crippen molar-refractivity contribution in [2.75, 3.05) is 25.1 Å². The molecule has 1 unspecified atom stereocenters. The van der Waals surface area contributed by atoms with E-state index in [9.17, 15) is 5.11 Å². The van der Waals surface area contributed by atoms with Gasteiger partial charge in [-0.3, -0.25) is 0 Å². The number of rotatable bonds is 2. The highest BCUT2D eigenvalue weighted by Gasteiger charge is 2.20. The maximum Gasteiger partial charge on any atom is 0.136 e. The van der Waals surface area contributed by atoms with Crippen LogP contribution in [0.15, 0.2) is 30.5 Å². The van der Waals surface area contributed by atoms with Crippen molar-refractivity contribution in [1.29, 1.82) is 0 Å². The third kappa shape index (κ3) is 2.24. The summed E-state index contributed by atoms with van der Waals surface area (Å²) >= 11 is 0. The lowest BCUT2D eigenvalue weighted by atomic mass is 10.1. The first-order valence-electron chi connectivity index (χ1n) is 6.64. The molecule has 100 valence electrons. The third-order valence-corrected chi connectivity index (χ3v) is 3.66. The van der Waals surface area contributed by atoms with E-state index in [4.69, 9.17) is 4.74 Å². The van der Waals surface area contributed by atoms with Crippen molar-refractivity contribution < 1.29 is 9.84 Å². The van der Waals surface area contributed by atoms with Gasteiger partial charge in [0.1, 0.15) is 11.6 Å². The summed E-state index contributed by atoms with van der Waals surface area (Å²) in [5.74, 6) is 1.80. The fourth-order valence-corrected chi connectivity index (χ4v) is 2.74. The molecule has 0 radical (unpaired) electrons. The van der Waals surface area contributed by atoms with E-state index in [2.05, 4.69) is 16.0 Å². The molecule has 1 saturated heterocycles. The third-order valence-electron chi connectivity index (χ3n) is 3.66. The molecular formula is C15H18N2O2. The van der Waals surface area contributed by atoms with Gasteiger partial charge in [-0.15, -0.1) is 0 Å². The minimum absolute atomic E-state index is 0.253. The number of aliphatic hydroxyl groups is 1. The Balaban J connectivity index is 2.08. The molecule has 4 nitrogen and oxygen atoms in total. The number of pyridine rings is 1. The van der Waals surface area contributed by atoms with Crippen LogP contribution in [-0.4, -0.2) is 36.4 Å². The number of hydrogen-bond donors (Lipinski definition) is 1. The van der Waals surface area contributed by atoms with Crippen molar-refractivity contribution in [2.24, 2.45) is 0 Å². The number of β-amino-alcohol motifs (C(OH)–C–C–N with tert-alkyl or cyclic N) is 1. The van der Waals surface area contributed by atoms with Gasteiger partial charge in [-0.25, -0.2) is 4.98 Å². The molecule has 0 saturated carbocycles. The van der Waals surface area contributed by atoms with Crippen LogP contribution in [0.1, 0.15) is 12.8 Å². The lowest BCUT2D eigenvalue weighted by molar-refractivity contribution is 0.154. The van der Waals surface area contributed by atoms with Crippen LogP contribution < -0.4 is 9.64 Å². The minimum atomic E-state index is -0.253. The number of piperidine rings is 1. The average Bonchev–Trinajstić information content (AvgIpc) is 2.46. The van der Waals surface area contributed by atoms with Gasteiger partial charge in [0, 0.05) is 30.1 Å². The molecule has 1 fully saturated rings. The van der Waals surface area contributed by atoms with Gasteiger partial charge in [0.05, 0.1) is 13.2 Å². The van der Waals surface area contributed by atoms with Crippen molar-refractivity contribution in [3.63, 3.8) is 0 Å². The predicted octanol–water partition coefficient (Wildman–Crippen LogP) is 2.20. The molecule has 0 aliphatic carbocycles. The standard InChI is InChI=1S/C15H18N2O2/c1-19-14-6-2-5-13-12(14)7-8-16-15(13)17-9-3-4-11(18)10-17/h2,5-8,11,18H,3-4,9-10H2,1H3. The highest BCUT2D eigenvalue weighted by atomic mass is 16.5. The maximum absolute atomic E-state index is 9.82. The van der Waals surface area contributed by atoms with Crippen LogP contribution in [0.4, 0.5) is 5.82 Å². The topological polar surface area (TPSA) is 45.6 Å². The van der Waals surface area contributed by atoms with E-state index >= 15 is 0 Å². The number of benzene rings is 1. The van der Waals surface area contributed by atoms with Gasteiger partial charge in [0.15, 0.2) is 0 Å². The highest BCUT2D eigenvalue weighted by Crippen LogP contribution is 2.32. The summed E-state index contributed by atoms with van der Waals surface area (Å²) in [6, 6.07) is 7.96. The molecule has 0 amide bonds. The van der Waals surface area contributed by atoms with Crippen molar-refractivity contribution >= 4 is 16.6 Å². The summed E-state index contributed by atoms with van der Waals surface area (Å²) in [6.07, 6.45) is 3.44. The quantitative estimate of drug-likeness (QED) is 0.897. The Morgan fingerprint density at radius 1 is 1.32 bits per heavy atom. The number of fused-ring (bicyclic) bond motifs is 1. The van der Waals surface area contributed by atoms with Crippen molar-refractivity contribution in [3.8, 4) is 5.75 Å². The Bertz CT molecular complexity index is 585. The molecule has 3 rings (SSSR count). The lowest BCUT2D eigenvalue weighted by Crippen LogP contribution is -2.38. The van der Waals surface area contributed by atoms with E-state index in [1.807, 2.05) is 18.2 Å². The van der Waals surface area contributed by atoms with Crippen LogP contribution in [0, 0.1) is 0 Å². The number of methoxy groups -OCH3 is 1. The number of anilines is 1. The van der Waals surface area contributed by atoms with Crippen molar-refractivity contribution in [2.45, 2.75) is 18.9 Å². The molecule has 2 heterocycles. The number of hydrogen-bond acceptors (Lipinski definition) is 4. The molecule has 2 aromatic rings. The Labute approximate surface area is 112 Å². The maximum atomic E-state index is 9.82. The molecule has 1 aliphatic heterocycles. The van der Waals surface area contributed by atoms with Crippen LogP contribution in [0.5, 0.6) is 5.75 Å². The largest absolute Gasteiger partial charge is 0.496 e. The molecule has 1 aromatic carbocycles. The molecule has 1 atom stereocenters. The van der Waals surface area contributed by atoms with Gasteiger partial charge in [0.2, 0.25) is 0 Å². The monoisotopic (exact) mass is 258 g/mol.